The van der Waals surface area contributed by atoms with Gasteiger partial charge in [-0.3, -0.25) is 4.79 Å². The molecule has 6 heteroatoms. The molecule has 16 heavy (non-hydrogen) atoms. The summed E-state index contributed by atoms with van der Waals surface area (Å²) in [5.74, 6) is -0.738. The molecule has 0 radical (unpaired) electrons. The summed E-state index contributed by atoms with van der Waals surface area (Å²) in [6.07, 6.45) is 0. The van der Waals surface area contributed by atoms with E-state index < -0.39 is 22.1 Å². The molecule has 1 aromatic carbocycles. The van der Waals surface area contributed by atoms with Gasteiger partial charge in [-0.1, -0.05) is 23.1 Å². The van der Waals surface area contributed by atoms with Gasteiger partial charge in [0.1, 0.15) is 0 Å². The first-order valence-corrected chi connectivity index (χ1v) is 5.68. The number of benzene rings is 1. The lowest BCUT2D eigenvalue weighted by molar-refractivity contribution is 0.0782. The third-order valence-corrected chi connectivity index (χ3v) is 2.89. The zero-order chi connectivity index (χ0) is 12.5. The molecule has 0 aliphatic rings. The van der Waals surface area contributed by atoms with Crippen LogP contribution in [-0.4, -0.2) is 11.0 Å². The van der Waals surface area contributed by atoms with Gasteiger partial charge in [-0.25, -0.2) is 0 Å². The Bertz CT molecular complexity index is 493. The summed E-state index contributed by atoms with van der Waals surface area (Å²) < 4.78 is 18.3. The van der Waals surface area contributed by atoms with E-state index in [0.29, 0.717) is 5.56 Å². The Morgan fingerprint density at radius 2 is 2.06 bits per heavy atom. The summed E-state index contributed by atoms with van der Waals surface area (Å²) in [5.41, 5.74) is 4.49. The minimum atomic E-state index is -2.07. The van der Waals surface area contributed by atoms with E-state index in [9.17, 15) is 14.1 Å². The first-order chi connectivity index (χ1) is 7.23. The fraction of sp³-hybridized carbons (Fsp3) is 0.300. The Labute approximate surface area is 95.3 Å². The lowest BCUT2D eigenvalue weighted by atomic mass is 9.97. The molecule has 0 saturated carbocycles. The highest BCUT2D eigenvalue weighted by molar-refractivity contribution is 7.73. The predicted octanol–water partition coefficient (Wildman–Crippen LogP) is 1.10. The highest BCUT2D eigenvalue weighted by Gasteiger charge is 2.17. The number of hydrogen-bond acceptors (Lipinski definition) is 5. The zero-order valence-electron chi connectivity index (χ0n) is 8.98. The molecule has 1 aromatic rings. The fourth-order valence-electron chi connectivity index (χ4n) is 1.26. The molecule has 0 bridgehead atoms. The van der Waals surface area contributed by atoms with Crippen LogP contribution in [0.2, 0.25) is 0 Å². The van der Waals surface area contributed by atoms with E-state index in [1.165, 1.54) is 18.2 Å². The Kier molecular flexibility index (Phi) is 3.35. The van der Waals surface area contributed by atoms with Crippen molar-refractivity contribution >= 4 is 16.5 Å². The normalized spacial score (nSPS) is 11.8. The Morgan fingerprint density at radius 1 is 1.50 bits per heavy atom. The van der Waals surface area contributed by atoms with E-state index in [0.717, 1.165) is 0 Å². The molecule has 0 atom stereocenters. The van der Waals surface area contributed by atoms with Crippen molar-refractivity contribution in [1.29, 1.82) is 4.78 Å². The minimum absolute atomic E-state index is 0.0205. The monoisotopic (exact) mass is 241 g/mol. The third kappa shape index (κ3) is 2.59. The maximum Gasteiger partial charge on any atom is 0.247 e. The van der Waals surface area contributed by atoms with Gasteiger partial charge in [0.2, 0.25) is 5.91 Å². The summed E-state index contributed by atoms with van der Waals surface area (Å²) in [7, 11) is -2.07. The summed E-state index contributed by atoms with van der Waals surface area (Å²) in [4.78, 5) is 11.0. The summed E-state index contributed by atoms with van der Waals surface area (Å²) >= 11 is 0. The van der Waals surface area contributed by atoms with E-state index >= 15 is 0 Å². The fourth-order valence-corrected chi connectivity index (χ4v) is 1.86. The highest BCUT2D eigenvalue weighted by atomic mass is 32.2. The molecule has 0 saturated heterocycles. The molecule has 4 N–H and O–H groups in total. The second-order valence-corrected chi connectivity index (χ2v) is 4.88. The predicted molar refractivity (Wildman–Crippen MR) is 59.2 cm³/mol. The first kappa shape index (κ1) is 12.7. The van der Waals surface area contributed by atoms with Crippen molar-refractivity contribution in [2.24, 2.45) is 5.73 Å². The highest BCUT2D eigenvalue weighted by Crippen LogP contribution is 2.23. The Hall–Kier alpha value is -1.40. The molecule has 0 aliphatic carbocycles. The average Bonchev–Trinajstić information content (AvgIpc) is 2.15. The zero-order valence-corrected chi connectivity index (χ0v) is 9.80. The maximum absolute atomic E-state index is 11.1. The van der Waals surface area contributed by atoms with Crippen molar-refractivity contribution in [3.05, 3.63) is 29.3 Å². The number of nitrogens with two attached hydrogens (primary N) is 1. The number of aliphatic hydroxyl groups is 1. The second-order valence-electron chi connectivity index (χ2n) is 3.90. The van der Waals surface area contributed by atoms with Gasteiger partial charge < -0.3 is 19.8 Å². The van der Waals surface area contributed by atoms with Gasteiger partial charge in [0.15, 0.2) is 0 Å². The summed E-state index contributed by atoms with van der Waals surface area (Å²) in [5, 5.41) is 9.75. The van der Waals surface area contributed by atoms with Crippen LogP contribution >= 0.6 is 0 Å². The van der Waals surface area contributed by atoms with Crippen molar-refractivity contribution in [1.82, 2.24) is 0 Å². The first-order valence-electron chi connectivity index (χ1n) is 4.53. The molecule has 88 valence electrons. The van der Waals surface area contributed by atoms with E-state index in [-0.39, 0.29) is 10.5 Å². The van der Waals surface area contributed by atoms with Gasteiger partial charge in [-0.15, -0.1) is 0 Å². The maximum atomic E-state index is 11.1. The summed E-state index contributed by atoms with van der Waals surface area (Å²) in [6, 6.07) is 4.26. The molecule has 0 unspecified atom stereocenters. The van der Waals surface area contributed by atoms with E-state index in [2.05, 4.69) is 0 Å². The molecule has 0 aromatic heterocycles. The second kappa shape index (κ2) is 4.23. The SMILES string of the molecule is CC(C)(O)c1ccc(C(N)=O)c([S-](=N)=O)c1. The topological polar surface area (TPSA) is 104 Å². The number of carbonyl (C=O) groups excluding carboxylic acids is 1. The molecule has 0 fully saturated rings. The number of carbonyl (C=O) groups is 1. The van der Waals surface area contributed by atoms with Crippen LogP contribution in [0.25, 0.3) is 0 Å². The number of nitrogens with one attached hydrogen (secondary N) is 1. The van der Waals surface area contributed by atoms with Crippen molar-refractivity contribution in [2.45, 2.75) is 24.3 Å². The van der Waals surface area contributed by atoms with Crippen LogP contribution in [0.4, 0.5) is 0 Å². The lowest BCUT2D eigenvalue weighted by Gasteiger charge is -2.20. The van der Waals surface area contributed by atoms with Gasteiger partial charge in [0.25, 0.3) is 0 Å². The molecule has 0 aliphatic heterocycles. The quantitative estimate of drug-likeness (QED) is 0.690. The molecular weight excluding hydrogens is 228 g/mol. The molecule has 5 nitrogen and oxygen atoms in total. The van der Waals surface area contributed by atoms with Gasteiger partial charge in [-0.05, 0) is 19.4 Å². The van der Waals surface area contributed by atoms with Crippen LogP contribution in [0, 0.1) is 4.78 Å². The van der Waals surface area contributed by atoms with Crippen molar-refractivity contribution in [2.75, 3.05) is 0 Å². The summed E-state index contributed by atoms with van der Waals surface area (Å²) in [6.45, 7) is 3.12. The number of primary amides is 1. The van der Waals surface area contributed by atoms with Gasteiger partial charge in [0, 0.05) is 5.56 Å². The van der Waals surface area contributed by atoms with Gasteiger partial charge >= 0.3 is 0 Å². The van der Waals surface area contributed by atoms with Crippen LogP contribution in [0.1, 0.15) is 29.8 Å². The van der Waals surface area contributed by atoms with Crippen molar-refractivity contribution in [3.63, 3.8) is 0 Å². The van der Waals surface area contributed by atoms with Crippen LogP contribution in [0.3, 0.4) is 0 Å². The average molecular weight is 241 g/mol. The number of amides is 1. The largest absolute Gasteiger partial charge is 0.440 e. The van der Waals surface area contributed by atoms with E-state index in [4.69, 9.17) is 10.5 Å². The number of rotatable bonds is 3. The van der Waals surface area contributed by atoms with Gasteiger partial charge in [0.05, 0.1) is 5.60 Å². The standard InChI is InChI=1S/C10H13N2O3S/c1-10(2,14)6-3-4-7(9(11)13)8(5-6)16(12)15/h3-5,12,14H,1-2H3,(H2,11,13)/q-1. The van der Waals surface area contributed by atoms with Crippen LogP contribution in [0.5, 0.6) is 0 Å². The molecule has 0 heterocycles. The van der Waals surface area contributed by atoms with Gasteiger partial charge in [-0.2, -0.15) is 10.6 Å². The lowest BCUT2D eigenvalue weighted by Crippen LogP contribution is -2.18. The van der Waals surface area contributed by atoms with Crippen molar-refractivity contribution in [3.8, 4) is 0 Å². The Balaban J connectivity index is 3.46. The Morgan fingerprint density at radius 3 is 2.44 bits per heavy atom. The minimum Gasteiger partial charge on any atom is -0.440 e. The smallest absolute Gasteiger partial charge is 0.247 e. The van der Waals surface area contributed by atoms with Crippen LogP contribution in [0.15, 0.2) is 23.1 Å². The van der Waals surface area contributed by atoms with Crippen molar-refractivity contribution < 1.29 is 14.1 Å². The molecule has 0 spiro atoms. The van der Waals surface area contributed by atoms with E-state index in [1.54, 1.807) is 13.8 Å². The van der Waals surface area contributed by atoms with Crippen LogP contribution in [-0.2, 0) is 20.4 Å². The van der Waals surface area contributed by atoms with Crippen LogP contribution < -0.4 is 5.73 Å². The van der Waals surface area contributed by atoms with E-state index in [1.807, 2.05) is 0 Å². The molecule has 1 rings (SSSR count). The molecule has 1 amide bonds. The molecular formula is C10H13N2O3S-. The third-order valence-electron chi connectivity index (χ3n) is 2.15. The number of hydrogen-bond donors (Lipinski definition) is 3.